The molecule has 0 radical (unpaired) electrons. The third-order valence-corrected chi connectivity index (χ3v) is 7.45. The Balaban J connectivity index is 1.99. The molecule has 0 spiro atoms. The Hall–Kier alpha value is -3.19. The lowest BCUT2D eigenvalue weighted by molar-refractivity contribution is 0.100. The minimum absolute atomic E-state index is 0.00664. The Morgan fingerprint density at radius 1 is 1.26 bits per heavy atom. The molecule has 13 heteroatoms. The van der Waals surface area contributed by atoms with Crippen molar-refractivity contribution in [3.8, 4) is 11.1 Å². The second-order valence-corrected chi connectivity index (χ2v) is 9.35. The summed E-state index contributed by atoms with van der Waals surface area (Å²) in [6.07, 6.45) is -1.11. The van der Waals surface area contributed by atoms with E-state index in [2.05, 4.69) is 36.4 Å². The number of halogens is 3. The molecule has 0 unspecified atom stereocenters. The number of primary amides is 1. The van der Waals surface area contributed by atoms with Crippen LogP contribution in [0.25, 0.3) is 21.3 Å². The van der Waals surface area contributed by atoms with E-state index in [-0.39, 0.29) is 21.1 Å². The van der Waals surface area contributed by atoms with Gasteiger partial charge in [0, 0.05) is 30.7 Å². The average molecular weight is 552 g/mol. The Kier molecular flexibility index (Phi) is 6.25. The van der Waals surface area contributed by atoms with E-state index in [4.69, 9.17) is 5.73 Å². The predicted molar refractivity (Wildman–Crippen MR) is 128 cm³/mol. The molecule has 34 heavy (non-hydrogen) atoms. The highest BCUT2D eigenvalue weighted by atomic mass is 79.9. The summed E-state index contributed by atoms with van der Waals surface area (Å²) in [5.41, 5.74) is 7.61. The third kappa shape index (κ3) is 3.98. The molecule has 0 fully saturated rings. The number of nitrogens with one attached hydrogen (secondary N) is 1. The molecule has 178 valence electrons. The average Bonchev–Trinajstić information content (AvgIpc) is 3.43. The van der Waals surface area contributed by atoms with Crippen LogP contribution in [0.15, 0.2) is 16.7 Å². The third-order valence-electron chi connectivity index (χ3n) is 5.40. The van der Waals surface area contributed by atoms with Crippen LogP contribution in [0.3, 0.4) is 0 Å². The minimum Gasteiger partial charge on any atom is -0.365 e. The normalized spacial score (nSPS) is 11.5. The minimum atomic E-state index is -2.84. The van der Waals surface area contributed by atoms with Crippen molar-refractivity contribution in [2.24, 2.45) is 12.8 Å². The van der Waals surface area contributed by atoms with E-state index < -0.39 is 23.9 Å². The number of hydrogen-bond donors (Lipinski definition) is 2. The number of nitrogens with zero attached hydrogens (tertiary/aromatic N) is 5. The summed E-state index contributed by atoms with van der Waals surface area (Å²) in [5, 5.41) is 11.7. The molecular formula is C21H20BrF2N7O2S. The first-order valence-electron chi connectivity index (χ1n) is 10.1. The van der Waals surface area contributed by atoms with Gasteiger partial charge in [-0.15, -0.1) is 11.3 Å². The molecule has 0 aliphatic carbocycles. The van der Waals surface area contributed by atoms with Gasteiger partial charge in [0.05, 0.1) is 21.5 Å². The Morgan fingerprint density at radius 2 is 1.97 bits per heavy atom. The maximum atomic E-state index is 13.7. The van der Waals surface area contributed by atoms with Gasteiger partial charge in [-0.2, -0.15) is 10.2 Å². The number of hydrogen-bond acceptors (Lipinski definition) is 6. The van der Waals surface area contributed by atoms with Crippen molar-refractivity contribution in [2.75, 3.05) is 5.32 Å². The summed E-state index contributed by atoms with van der Waals surface area (Å²) >= 11 is 4.20. The molecule has 2 amide bonds. The van der Waals surface area contributed by atoms with Crippen LogP contribution < -0.4 is 11.1 Å². The zero-order valence-electron chi connectivity index (χ0n) is 18.6. The van der Waals surface area contributed by atoms with Crippen molar-refractivity contribution in [1.82, 2.24) is 24.5 Å². The summed E-state index contributed by atoms with van der Waals surface area (Å²) in [4.78, 5) is 29.6. The van der Waals surface area contributed by atoms with Gasteiger partial charge in [-0.1, -0.05) is 0 Å². The van der Waals surface area contributed by atoms with E-state index in [0.717, 1.165) is 17.0 Å². The van der Waals surface area contributed by atoms with Gasteiger partial charge >= 0.3 is 0 Å². The van der Waals surface area contributed by atoms with Crippen molar-refractivity contribution in [3.63, 3.8) is 0 Å². The van der Waals surface area contributed by atoms with Crippen molar-refractivity contribution < 1.29 is 18.4 Å². The zero-order valence-corrected chi connectivity index (χ0v) is 21.0. The van der Waals surface area contributed by atoms with Gasteiger partial charge in [0.15, 0.2) is 5.69 Å². The van der Waals surface area contributed by atoms with Gasteiger partial charge in [-0.25, -0.2) is 13.8 Å². The lowest BCUT2D eigenvalue weighted by Gasteiger charge is -2.10. The fourth-order valence-corrected chi connectivity index (χ4v) is 5.11. The number of aryl methyl sites for hydroxylation is 3. The largest absolute Gasteiger partial charge is 0.365 e. The number of alkyl halides is 2. The molecule has 0 atom stereocenters. The highest BCUT2D eigenvalue weighted by Gasteiger charge is 2.27. The molecule has 4 heterocycles. The quantitative estimate of drug-likeness (QED) is 0.363. The lowest BCUT2D eigenvalue weighted by Crippen LogP contribution is -2.17. The Labute approximate surface area is 205 Å². The molecule has 0 saturated carbocycles. The molecule has 9 nitrogen and oxygen atoms in total. The number of amides is 2. The van der Waals surface area contributed by atoms with Crippen LogP contribution in [-0.4, -0.2) is 36.4 Å². The highest BCUT2D eigenvalue weighted by Crippen LogP contribution is 2.43. The van der Waals surface area contributed by atoms with Crippen LogP contribution in [0.2, 0.25) is 0 Å². The summed E-state index contributed by atoms with van der Waals surface area (Å²) in [5.74, 6) is -1.41. The molecule has 0 aliphatic heterocycles. The number of nitrogens with two attached hydrogens (primary N) is 1. The highest BCUT2D eigenvalue weighted by molar-refractivity contribution is 9.10. The monoisotopic (exact) mass is 551 g/mol. The summed E-state index contributed by atoms with van der Waals surface area (Å²) in [6.45, 7) is 6.01. The molecule has 0 bridgehead atoms. The van der Waals surface area contributed by atoms with Gasteiger partial charge in [0.1, 0.15) is 15.4 Å². The topological polar surface area (TPSA) is 121 Å². The van der Waals surface area contributed by atoms with Gasteiger partial charge in [-0.3, -0.25) is 19.0 Å². The Bertz CT molecular complexity index is 1460. The number of thiophene rings is 1. The number of fused-ring (bicyclic) bond motifs is 1. The number of rotatable bonds is 6. The van der Waals surface area contributed by atoms with Gasteiger partial charge in [-0.05, 0) is 48.3 Å². The molecule has 0 aliphatic rings. The van der Waals surface area contributed by atoms with E-state index in [1.54, 1.807) is 31.8 Å². The van der Waals surface area contributed by atoms with Crippen LogP contribution >= 0.6 is 27.3 Å². The second kappa shape index (κ2) is 8.87. The summed E-state index contributed by atoms with van der Waals surface area (Å²) in [7, 11) is 1.69. The smallest absolute Gasteiger partial charge is 0.280 e. The molecule has 4 aromatic heterocycles. The van der Waals surface area contributed by atoms with E-state index in [0.29, 0.717) is 33.2 Å². The standard InChI is InChI=1S/C21H20BrF2N7O2S/c1-5-31-7-11(8(2)28-31)10-6-12(18(23)24)26-21-13(10)15(17(34-21)19(25)32)27-20(33)16-14(22)9(3)30(4)29-16/h6-7,18H,5H2,1-4H3,(H2,25,32)(H,27,33). The number of carbonyl (C=O) groups excluding carboxylic acids is 2. The Morgan fingerprint density at radius 3 is 2.50 bits per heavy atom. The summed E-state index contributed by atoms with van der Waals surface area (Å²) in [6, 6.07) is 1.25. The second-order valence-electron chi connectivity index (χ2n) is 7.56. The lowest BCUT2D eigenvalue weighted by atomic mass is 10.0. The predicted octanol–water partition coefficient (Wildman–Crippen LogP) is 4.58. The first-order valence-corrected chi connectivity index (χ1v) is 11.7. The molecular weight excluding hydrogens is 532 g/mol. The first kappa shape index (κ1) is 24.0. The van der Waals surface area contributed by atoms with Crippen LogP contribution in [0.1, 0.15) is 50.6 Å². The number of carbonyl (C=O) groups is 2. The van der Waals surface area contributed by atoms with Crippen LogP contribution in [0.5, 0.6) is 0 Å². The number of aromatic nitrogens is 5. The van der Waals surface area contributed by atoms with E-state index >= 15 is 0 Å². The molecule has 0 aromatic carbocycles. The van der Waals surface area contributed by atoms with Crippen molar-refractivity contribution in [1.29, 1.82) is 0 Å². The molecule has 3 N–H and O–H groups in total. The summed E-state index contributed by atoms with van der Waals surface area (Å²) < 4.78 is 31.1. The van der Waals surface area contributed by atoms with Crippen molar-refractivity contribution in [2.45, 2.75) is 33.7 Å². The number of anilines is 1. The molecule has 4 aromatic rings. The van der Waals surface area contributed by atoms with E-state index in [1.807, 2.05) is 6.92 Å². The first-order chi connectivity index (χ1) is 16.0. The SMILES string of the molecule is CCn1cc(-c2cc(C(F)F)nc3sc(C(N)=O)c(NC(=O)c4nn(C)c(C)c4Br)c23)c(C)n1. The van der Waals surface area contributed by atoms with E-state index in [1.165, 1.54) is 10.7 Å². The van der Waals surface area contributed by atoms with Crippen LogP contribution in [0, 0.1) is 13.8 Å². The fraction of sp³-hybridized carbons (Fsp3) is 0.286. The molecule has 0 saturated heterocycles. The van der Waals surface area contributed by atoms with Gasteiger partial charge in [0.2, 0.25) is 0 Å². The van der Waals surface area contributed by atoms with Gasteiger partial charge in [0.25, 0.3) is 18.2 Å². The van der Waals surface area contributed by atoms with Gasteiger partial charge < -0.3 is 11.1 Å². The van der Waals surface area contributed by atoms with Crippen LogP contribution in [0.4, 0.5) is 14.5 Å². The fourth-order valence-electron chi connectivity index (χ4n) is 3.58. The maximum Gasteiger partial charge on any atom is 0.280 e. The zero-order chi connectivity index (χ0) is 24.9. The van der Waals surface area contributed by atoms with E-state index in [9.17, 15) is 18.4 Å². The number of pyridine rings is 1. The van der Waals surface area contributed by atoms with Crippen LogP contribution in [-0.2, 0) is 13.6 Å². The van der Waals surface area contributed by atoms with Crippen molar-refractivity contribution >= 4 is 55.0 Å². The van der Waals surface area contributed by atoms with Crippen molar-refractivity contribution in [3.05, 3.63) is 44.4 Å². The molecule has 4 rings (SSSR count). The maximum absolute atomic E-state index is 13.7.